The van der Waals surface area contributed by atoms with Crippen molar-refractivity contribution in [2.45, 2.75) is 56.7 Å². The summed E-state index contributed by atoms with van der Waals surface area (Å²) in [6, 6.07) is 0. The third-order valence-corrected chi connectivity index (χ3v) is 5.95. The van der Waals surface area contributed by atoms with E-state index < -0.39 is 47.2 Å². The minimum absolute atomic E-state index is 0.0423. The number of aliphatic hydroxyl groups is 1. The van der Waals surface area contributed by atoms with Crippen molar-refractivity contribution in [1.29, 1.82) is 0 Å². The third kappa shape index (κ3) is 1.76. The molecule has 6 nitrogen and oxygen atoms in total. The van der Waals surface area contributed by atoms with Gasteiger partial charge in [-0.3, -0.25) is 4.79 Å². The van der Waals surface area contributed by atoms with Crippen LogP contribution in [0, 0.1) is 11.8 Å². The van der Waals surface area contributed by atoms with Crippen LogP contribution in [-0.2, 0) is 23.8 Å². The van der Waals surface area contributed by atoms with Crippen molar-refractivity contribution in [3.8, 4) is 0 Å². The lowest BCUT2D eigenvalue weighted by Gasteiger charge is -2.37. The molecule has 3 fully saturated rings. The highest BCUT2D eigenvalue weighted by atomic mass is 16.6. The number of carbonyl (C=O) groups is 2. The molecule has 4 aliphatic rings. The van der Waals surface area contributed by atoms with Crippen LogP contribution in [0.15, 0.2) is 23.8 Å². The predicted octanol–water partition coefficient (Wildman–Crippen LogP) is 0.884. The van der Waals surface area contributed by atoms with Crippen molar-refractivity contribution in [1.82, 2.24) is 0 Å². The fraction of sp³-hybridized carbons (Fsp3) is 0.647. The maximum atomic E-state index is 12.1. The van der Waals surface area contributed by atoms with E-state index in [0.717, 1.165) is 5.57 Å². The second-order valence-corrected chi connectivity index (χ2v) is 7.24. The SMILES string of the molecule is C=C1C(=O)O[C@H]2[C@H]1[C@@H](OC(C)=O)C=C(C)[C@]1(O)C[C@H]3O[C@@]3(C)[C@H]21. The van der Waals surface area contributed by atoms with Gasteiger partial charge in [-0.25, -0.2) is 4.79 Å². The molecule has 0 aromatic rings. The Bertz CT molecular complexity index is 666. The van der Waals surface area contributed by atoms with Gasteiger partial charge >= 0.3 is 11.9 Å². The lowest BCUT2D eigenvalue weighted by molar-refractivity contribution is -0.152. The fourth-order valence-corrected chi connectivity index (χ4v) is 4.74. The summed E-state index contributed by atoms with van der Waals surface area (Å²) in [6.45, 7) is 8.90. The Morgan fingerprint density at radius 3 is 2.87 bits per heavy atom. The van der Waals surface area contributed by atoms with Crippen LogP contribution in [-0.4, -0.2) is 46.6 Å². The Balaban J connectivity index is 1.84. The first-order chi connectivity index (χ1) is 10.7. The molecule has 6 heteroatoms. The van der Waals surface area contributed by atoms with E-state index in [1.807, 2.05) is 13.8 Å². The molecule has 1 saturated carbocycles. The zero-order chi connectivity index (χ0) is 16.7. The number of fused-ring (bicyclic) bond motifs is 5. The lowest BCUT2D eigenvalue weighted by Crippen LogP contribution is -2.49. The maximum Gasteiger partial charge on any atom is 0.334 e. The van der Waals surface area contributed by atoms with Crippen molar-refractivity contribution < 1.29 is 28.9 Å². The average molecular weight is 320 g/mol. The Morgan fingerprint density at radius 1 is 1.52 bits per heavy atom. The van der Waals surface area contributed by atoms with Gasteiger partial charge in [0.15, 0.2) is 0 Å². The van der Waals surface area contributed by atoms with E-state index in [9.17, 15) is 14.7 Å². The van der Waals surface area contributed by atoms with Gasteiger partial charge in [-0.15, -0.1) is 0 Å². The Morgan fingerprint density at radius 2 is 2.22 bits per heavy atom. The van der Waals surface area contributed by atoms with Crippen LogP contribution in [0.1, 0.15) is 27.2 Å². The summed E-state index contributed by atoms with van der Waals surface area (Å²) in [4.78, 5) is 23.6. The van der Waals surface area contributed by atoms with Crippen LogP contribution in [0.2, 0.25) is 0 Å². The van der Waals surface area contributed by atoms with Crippen molar-refractivity contribution in [3.63, 3.8) is 0 Å². The lowest BCUT2D eigenvalue weighted by atomic mass is 9.74. The monoisotopic (exact) mass is 320 g/mol. The number of rotatable bonds is 1. The first-order valence-electron chi connectivity index (χ1n) is 7.84. The number of esters is 2. The van der Waals surface area contributed by atoms with E-state index in [2.05, 4.69) is 6.58 Å². The molecule has 7 atom stereocenters. The van der Waals surface area contributed by atoms with E-state index in [1.165, 1.54) is 6.92 Å². The highest BCUT2D eigenvalue weighted by molar-refractivity contribution is 5.91. The summed E-state index contributed by atoms with van der Waals surface area (Å²) >= 11 is 0. The number of epoxide rings is 1. The molecule has 1 N–H and O–H groups in total. The minimum atomic E-state index is -1.12. The first kappa shape index (κ1) is 14.9. The van der Waals surface area contributed by atoms with Gasteiger partial charge < -0.3 is 19.3 Å². The number of hydrogen-bond donors (Lipinski definition) is 1. The van der Waals surface area contributed by atoms with Gasteiger partial charge in [-0.2, -0.15) is 0 Å². The Hall–Kier alpha value is -1.66. The van der Waals surface area contributed by atoms with Gasteiger partial charge in [0, 0.05) is 18.9 Å². The molecule has 2 saturated heterocycles. The van der Waals surface area contributed by atoms with Crippen LogP contribution in [0.4, 0.5) is 0 Å². The van der Waals surface area contributed by atoms with Crippen LogP contribution < -0.4 is 0 Å². The molecule has 4 rings (SSSR count). The van der Waals surface area contributed by atoms with Crippen molar-refractivity contribution in [2.75, 3.05) is 0 Å². The fourth-order valence-electron chi connectivity index (χ4n) is 4.74. The second kappa shape index (κ2) is 4.24. The standard InChI is InChI=1S/C17H20O6/c1-7-5-10(21-9(3)18)12-8(2)15(19)22-13(12)14-16(4)11(23-16)6-17(7,14)20/h5,10-14,20H,2,6H2,1,3-4H3/t10-,11+,12+,13-,14-,16+,17+/m0/s1. The summed E-state index contributed by atoms with van der Waals surface area (Å²) in [5, 5.41) is 11.3. The van der Waals surface area contributed by atoms with E-state index in [0.29, 0.717) is 6.42 Å². The molecule has 0 radical (unpaired) electrons. The van der Waals surface area contributed by atoms with Gasteiger partial charge in [0.1, 0.15) is 17.8 Å². The average Bonchev–Trinajstić information content (AvgIpc) is 2.89. The van der Waals surface area contributed by atoms with Crippen molar-refractivity contribution in [2.24, 2.45) is 11.8 Å². The van der Waals surface area contributed by atoms with Crippen LogP contribution >= 0.6 is 0 Å². The molecule has 2 aliphatic heterocycles. The summed E-state index contributed by atoms with van der Waals surface area (Å²) in [7, 11) is 0. The van der Waals surface area contributed by atoms with E-state index >= 15 is 0 Å². The largest absolute Gasteiger partial charge is 0.458 e. The van der Waals surface area contributed by atoms with Crippen LogP contribution in [0.25, 0.3) is 0 Å². The van der Waals surface area contributed by atoms with Gasteiger partial charge in [0.2, 0.25) is 0 Å². The summed E-state index contributed by atoms with van der Waals surface area (Å²) < 4.78 is 16.7. The molecule has 2 aliphatic carbocycles. The normalized spacial score (nSPS) is 50.3. The van der Waals surface area contributed by atoms with Gasteiger partial charge in [-0.1, -0.05) is 6.58 Å². The molecule has 2 heterocycles. The molecule has 0 aromatic heterocycles. The van der Waals surface area contributed by atoms with Crippen molar-refractivity contribution in [3.05, 3.63) is 23.8 Å². The molecule has 124 valence electrons. The van der Waals surface area contributed by atoms with Gasteiger partial charge in [0.25, 0.3) is 0 Å². The topological polar surface area (TPSA) is 85.4 Å². The maximum absolute atomic E-state index is 12.1. The molecule has 23 heavy (non-hydrogen) atoms. The van der Waals surface area contributed by atoms with E-state index in [4.69, 9.17) is 14.2 Å². The van der Waals surface area contributed by atoms with Gasteiger partial charge in [-0.05, 0) is 25.5 Å². The third-order valence-electron chi connectivity index (χ3n) is 5.95. The van der Waals surface area contributed by atoms with E-state index in [1.54, 1.807) is 6.08 Å². The molecule has 0 unspecified atom stereocenters. The second-order valence-electron chi connectivity index (χ2n) is 7.24. The molecule has 0 amide bonds. The summed E-state index contributed by atoms with van der Waals surface area (Å²) in [5.74, 6) is -1.85. The number of ether oxygens (including phenoxy) is 3. The smallest absolute Gasteiger partial charge is 0.334 e. The molecular weight excluding hydrogens is 300 g/mol. The molecule has 0 aromatic carbocycles. The number of hydrogen-bond acceptors (Lipinski definition) is 6. The molecule has 0 bridgehead atoms. The summed E-state index contributed by atoms with van der Waals surface area (Å²) in [6.07, 6.45) is 0.860. The highest BCUT2D eigenvalue weighted by Crippen LogP contribution is 2.64. The minimum Gasteiger partial charge on any atom is -0.458 e. The Kier molecular flexibility index (Phi) is 2.75. The quantitative estimate of drug-likeness (QED) is 0.334. The van der Waals surface area contributed by atoms with Crippen molar-refractivity contribution >= 4 is 11.9 Å². The highest BCUT2D eigenvalue weighted by Gasteiger charge is 2.76. The molecule has 0 spiro atoms. The Labute approximate surface area is 134 Å². The zero-order valence-corrected chi connectivity index (χ0v) is 13.4. The predicted molar refractivity (Wildman–Crippen MR) is 78.2 cm³/mol. The van der Waals surface area contributed by atoms with E-state index in [-0.39, 0.29) is 11.7 Å². The molecular formula is C17H20O6. The summed E-state index contributed by atoms with van der Waals surface area (Å²) in [5.41, 5.74) is -0.644. The van der Waals surface area contributed by atoms with Crippen LogP contribution in [0.5, 0.6) is 0 Å². The van der Waals surface area contributed by atoms with Crippen LogP contribution in [0.3, 0.4) is 0 Å². The first-order valence-corrected chi connectivity index (χ1v) is 7.84. The van der Waals surface area contributed by atoms with Gasteiger partial charge in [0.05, 0.1) is 23.5 Å². The zero-order valence-electron chi connectivity index (χ0n) is 13.4. The number of carbonyl (C=O) groups excluding carboxylic acids is 2.